The lowest BCUT2D eigenvalue weighted by molar-refractivity contribution is 0.930. The number of hydrogen-bond donors (Lipinski definition) is 2. The Morgan fingerprint density at radius 1 is 1.33 bits per heavy atom. The minimum atomic E-state index is -0.256. The van der Waals surface area contributed by atoms with Gasteiger partial charge in [-0.05, 0) is 12.1 Å². The van der Waals surface area contributed by atoms with Crippen LogP contribution in [0.2, 0.25) is 0 Å². The summed E-state index contributed by atoms with van der Waals surface area (Å²) in [5.41, 5.74) is 0.629. The van der Waals surface area contributed by atoms with Crippen LogP contribution in [0.1, 0.15) is 0 Å². The number of H-pyrrole nitrogens is 2. The van der Waals surface area contributed by atoms with Gasteiger partial charge < -0.3 is 0 Å². The monoisotopic (exact) mass is 162 g/mol. The zero-order chi connectivity index (χ0) is 8.39. The molecule has 0 aliphatic heterocycles. The quantitative estimate of drug-likeness (QED) is 0.627. The van der Waals surface area contributed by atoms with Crippen molar-refractivity contribution in [2.24, 2.45) is 0 Å². The minimum absolute atomic E-state index is 0.256. The molecule has 0 bridgehead atoms. The van der Waals surface area contributed by atoms with Gasteiger partial charge in [-0.3, -0.25) is 9.78 Å². The molecule has 5 heteroatoms. The summed E-state index contributed by atoms with van der Waals surface area (Å²) < 4.78 is 0. The summed E-state index contributed by atoms with van der Waals surface area (Å²) in [6, 6.07) is 5.31. The summed E-state index contributed by atoms with van der Waals surface area (Å²) in [6.07, 6.45) is 1.61. The lowest BCUT2D eigenvalue weighted by atomic mass is 10.3. The predicted molar refractivity (Wildman–Crippen MR) is 42.4 cm³/mol. The van der Waals surface area contributed by atoms with Crippen LogP contribution in [0.15, 0.2) is 29.2 Å². The van der Waals surface area contributed by atoms with E-state index in [0.29, 0.717) is 11.4 Å². The second kappa shape index (κ2) is 2.61. The molecular formula is C7H6N4O. The number of nitrogens with zero attached hydrogens (tertiary/aromatic N) is 2. The number of aromatic nitrogens is 4. The van der Waals surface area contributed by atoms with Gasteiger partial charge in [0.15, 0.2) is 5.69 Å². The minimum Gasteiger partial charge on any atom is -0.265 e. The number of pyridine rings is 1. The van der Waals surface area contributed by atoms with Gasteiger partial charge in [-0.2, -0.15) is 5.10 Å². The van der Waals surface area contributed by atoms with Crippen molar-refractivity contribution < 1.29 is 0 Å². The molecule has 0 saturated carbocycles. The van der Waals surface area contributed by atoms with E-state index in [1.54, 1.807) is 24.4 Å². The van der Waals surface area contributed by atoms with Gasteiger partial charge >= 0.3 is 0 Å². The molecular weight excluding hydrogens is 156 g/mol. The van der Waals surface area contributed by atoms with E-state index in [0.717, 1.165) is 0 Å². The van der Waals surface area contributed by atoms with E-state index in [9.17, 15) is 4.79 Å². The molecule has 0 aromatic carbocycles. The van der Waals surface area contributed by atoms with Gasteiger partial charge in [-0.1, -0.05) is 6.07 Å². The van der Waals surface area contributed by atoms with Gasteiger partial charge in [-0.25, -0.2) is 10.3 Å². The topological polar surface area (TPSA) is 74.4 Å². The summed E-state index contributed by atoms with van der Waals surface area (Å²) in [5, 5.41) is 8.43. The summed E-state index contributed by atoms with van der Waals surface area (Å²) in [5.74, 6) is 0. The first-order valence-electron chi connectivity index (χ1n) is 3.42. The molecule has 5 nitrogen and oxygen atoms in total. The van der Waals surface area contributed by atoms with Gasteiger partial charge in [-0.15, -0.1) is 0 Å². The summed E-state index contributed by atoms with van der Waals surface area (Å²) >= 11 is 0. The number of rotatable bonds is 1. The zero-order valence-electron chi connectivity index (χ0n) is 6.11. The van der Waals surface area contributed by atoms with Crippen LogP contribution < -0.4 is 5.56 Å². The highest BCUT2D eigenvalue weighted by atomic mass is 16.1. The predicted octanol–water partition coefficient (Wildman–Crippen LogP) is 0.160. The van der Waals surface area contributed by atoms with E-state index < -0.39 is 0 Å². The lowest BCUT2D eigenvalue weighted by Crippen LogP contribution is -2.02. The van der Waals surface area contributed by atoms with E-state index in [-0.39, 0.29) is 5.56 Å². The van der Waals surface area contributed by atoms with Crippen LogP contribution in [-0.4, -0.2) is 20.4 Å². The van der Waals surface area contributed by atoms with Crippen molar-refractivity contribution >= 4 is 0 Å². The third-order valence-electron chi connectivity index (χ3n) is 1.46. The van der Waals surface area contributed by atoms with Crippen LogP contribution in [0.4, 0.5) is 0 Å². The molecule has 0 aliphatic carbocycles. The van der Waals surface area contributed by atoms with Crippen molar-refractivity contribution in [1.82, 2.24) is 20.4 Å². The van der Waals surface area contributed by atoms with Crippen LogP contribution in [0, 0.1) is 0 Å². The van der Waals surface area contributed by atoms with Crippen molar-refractivity contribution in [1.29, 1.82) is 0 Å². The molecule has 0 unspecified atom stereocenters. The van der Waals surface area contributed by atoms with Crippen molar-refractivity contribution in [3.8, 4) is 11.4 Å². The van der Waals surface area contributed by atoms with Gasteiger partial charge in [0, 0.05) is 6.20 Å². The molecule has 0 spiro atoms. The average Bonchev–Trinajstić information content (AvgIpc) is 2.53. The highest BCUT2D eigenvalue weighted by molar-refractivity contribution is 5.50. The van der Waals surface area contributed by atoms with Crippen molar-refractivity contribution in [2.45, 2.75) is 0 Å². The smallest absolute Gasteiger partial charge is 0.265 e. The second-order valence-corrected chi connectivity index (χ2v) is 2.24. The summed E-state index contributed by atoms with van der Waals surface area (Å²) in [4.78, 5) is 15.0. The van der Waals surface area contributed by atoms with Crippen LogP contribution in [0.25, 0.3) is 11.4 Å². The molecule has 0 aliphatic rings. The lowest BCUT2D eigenvalue weighted by Gasteiger charge is -1.89. The highest BCUT2D eigenvalue weighted by Gasteiger charge is 2.04. The van der Waals surface area contributed by atoms with E-state index in [1.807, 2.05) is 0 Å². The number of hydrogen-bond acceptors (Lipinski definition) is 3. The first kappa shape index (κ1) is 6.78. The third-order valence-corrected chi connectivity index (χ3v) is 1.46. The van der Waals surface area contributed by atoms with Crippen LogP contribution >= 0.6 is 0 Å². The number of aromatic amines is 2. The molecule has 60 valence electrons. The van der Waals surface area contributed by atoms with Crippen molar-refractivity contribution in [3.05, 3.63) is 34.7 Å². The highest BCUT2D eigenvalue weighted by Crippen LogP contribution is 2.05. The van der Waals surface area contributed by atoms with Crippen LogP contribution in [-0.2, 0) is 0 Å². The molecule has 2 rings (SSSR count). The SMILES string of the molecule is O=c1[nH][nH]nc1-c1ccccn1. The van der Waals surface area contributed by atoms with Crippen LogP contribution in [0.5, 0.6) is 0 Å². The molecule has 12 heavy (non-hydrogen) atoms. The Labute approximate surface area is 67.5 Å². The van der Waals surface area contributed by atoms with E-state index in [2.05, 4.69) is 20.4 Å². The van der Waals surface area contributed by atoms with Crippen molar-refractivity contribution in [2.75, 3.05) is 0 Å². The molecule has 2 aromatic rings. The normalized spacial score (nSPS) is 10.0. The molecule has 0 fully saturated rings. The van der Waals surface area contributed by atoms with E-state index >= 15 is 0 Å². The Balaban J connectivity index is 2.59. The Morgan fingerprint density at radius 2 is 2.25 bits per heavy atom. The van der Waals surface area contributed by atoms with Gasteiger partial charge in [0.1, 0.15) is 0 Å². The fourth-order valence-corrected chi connectivity index (χ4v) is 0.921. The van der Waals surface area contributed by atoms with Gasteiger partial charge in [0.25, 0.3) is 5.56 Å². The average molecular weight is 162 g/mol. The van der Waals surface area contributed by atoms with Crippen LogP contribution in [0.3, 0.4) is 0 Å². The zero-order valence-corrected chi connectivity index (χ0v) is 6.11. The second-order valence-electron chi connectivity index (χ2n) is 2.24. The molecule has 0 atom stereocenters. The molecule has 0 amide bonds. The number of nitrogens with one attached hydrogen (secondary N) is 2. The maximum atomic E-state index is 11.0. The first-order valence-corrected chi connectivity index (χ1v) is 3.42. The molecule has 2 N–H and O–H groups in total. The largest absolute Gasteiger partial charge is 0.293 e. The first-order chi connectivity index (χ1) is 5.88. The molecule has 2 aromatic heterocycles. The van der Waals surface area contributed by atoms with Gasteiger partial charge in [0.05, 0.1) is 5.69 Å². The Kier molecular flexibility index (Phi) is 1.48. The fourth-order valence-electron chi connectivity index (χ4n) is 0.921. The maximum Gasteiger partial charge on any atom is 0.293 e. The molecule has 2 heterocycles. The summed E-state index contributed by atoms with van der Waals surface area (Å²) in [6.45, 7) is 0. The fraction of sp³-hybridized carbons (Fsp3) is 0. The molecule has 0 saturated heterocycles. The van der Waals surface area contributed by atoms with Crippen molar-refractivity contribution in [3.63, 3.8) is 0 Å². The standard InChI is InChI=1S/C7H6N4O/c12-7-6(9-11-10-7)5-3-1-2-4-8-5/h1-4H,(H2,9,10,11,12). The Hall–Kier alpha value is -1.91. The van der Waals surface area contributed by atoms with Gasteiger partial charge in [0.2, 0.25) is 0 Å². The van der Waals surface area contributed by atoms with E-state index in [1.165, 1.54) is 0 Å². The molecule has 0 radical (unpaired) electrons. The van der Waals surface area contributed by atoms with E-state index in [4.69, 9.17) is 0 Å². The Morgan fingerprint density at radius 3 is 2.83 bits per heavy atom. The maximum absolute atomic E-state index is 11.0. The Bertz CT molecular complexity index is 416. The summed E-state index contributed by atoms with van der Waals surface area (Å²) in [7, 11) is 0. The third kappa shape index (κ3) is 1.01.